The summed E-state index contributed by atoms with van der Waals surface area (Å²) in [6, 6.07) is 10.2. The van der Waals surface area contributed by atoms with Crippen molar-refractivity contribution in [2.75, 3.05) is 11.9 Å². The fourth-order valence-corrected chi connectivity index (χ4v) is 2.29. The zero-order valence-corrected chi connectivity index (χ0v) is 13.1. The zero-order valence-electron chi connectivity index (χ0n) is 13.1. The fourth-order valence-electron chi connectivity index (χ4n) is 2.29. The van der Waals surface area contributed by atoms with Crippen LogP contribution in [0.5, 0.6) is 5.75 Å². The highest BCUT2D eigenvalue weighted by Gasteiger charge is 1.99. The summed E-state index contributed by atoms with van der Waals surface area (Å²) in [7, 11) is 0. The van der Waals surface area contributed by atoms with Crippen molar-refractivity contribution in [1.82, 2.24) is 14.5 Å². The predicted molar refractivity (Wildman–Crippen MR) is 90.5 cm³/mol. The molecule has 118 valence electrons. The molecule has 23 heavy (non-hydrogen) atoms. The van der Waals surface area contributed by atoms with E-state index >= 15 is 0 Å². The van der Waals surface area contributed by atoms with E-state index in [2.05, 4.69) is 33.5 Å². The van der Waals surface area contributed by atoms with Gasteiger partial charge in [-0.25, -0.2) is 4.98 Å². The Morgan fingerprint density at radius 2 is 2.13 bits per heavy atom. The maximum absolute atomic E-state index is 5.80. The number of hydrogen-bond acceptors (Lipinski definition) is 4. The van der Waals surface area contributed by atoms with Gasteiger partial charge in [-0.3, -0.25) is 4.98 Å². The van der Waals surface area contributed by atoms with Crippen molar-refractivity contribution in [3.05, 3.63) is 72.6 Å². The number of aryl methyl sites for hydroxylation is 1. The summed E-state index contributed by atoms with van der Waals surface area (Å²) in [5, 5.41) is 3.38. The molecule has 0 fully saturated rings. The highest BCUT2D eigenvalue weighted by molar-refractivity contribution is 5.43. The van der Waals surface area contributed by atoms with Crippen molar-refractivity contribution in [2.45, 2.75) is 20.0 Å². The lowest BCUT2D eigenvalue weighted by molar-refractivity contribution is 0.298. The first-order chi connectivity index (χ1) is 11.3. The van der Waals surface area contributed by atoms with Crippen LogP contribution in [0.1, 0.15) is 11.1 Å². The smallest absolute Gasteiger partial charge is 0.119 e. The van der Waals surface area contributed by atoms with Crippen LogP contribution in [-0.4, -0.2) is 21.1 Å². The highest BCUT2D eigenvalue weighted by Crippen LogP contribution is 2.15. The molecule has 5 nitrogen and oxygen atoms in total. The minimum Gasteiger partial charge on any atom is -0.492 e. The monoisotopic (exact) mass is 308 g/mol. The van der Waals surface area contributed by atoms with Crippen molar-refractivity contribution in [3.63, 3.8) is 0 Å². The molecule has 0 radical (unpaired) electrons. The van der Waals surface area contributed by atoms with Gasteiger partial charge >= 0.3 is 0 Å². The average Bonchev–Trinajstić information content (AvgIpc) is 3.07. The van der Waals surface area contributed by atoms with E-state index in [9.17, 15) is 0 Å². The molecule has 2 heterocycles. The van der Waals surface area contributed by atoms with Gasteiger partial charge in [0.2, 0.25) is 0 Å². The summed E-state index contributed by atoms with van der Waals surface area (Å²) in [6.07, 6.45) is 9.17. The van der Waals surface area contributed by atoms with Gasteiger partial charge in [-0.15, -0.1) is 0 Å². The lowest BCUT2D eigenvalue weighted by Gasteiger charge is -2.10. The first-order valence-electron chi connectivity index (χ1n) is 7.62. The summed E-state index contributed by atoms with van der Waals surface area (Å²) in [5.74, 6) is 0.881. The molecule has 0 spiro atoms. The van der Waals surface area contributed by atoms with Crippen LogP contribution in [0.4, 0.5) is 5.69 Å². The van der Waals surface area contributed by atoms with E-state index in [4.69, 9.17) is 4.74 Å². The molecule has 0 aliphatic rings. The van der Waals surface area contributed by atoms with E-state index in [0.717, 1.165) is 30.1 Å². The molecular formula is C18H20N4O. The molecule has 0 aliphatic carbocycles. The molecule has 5 heteroatoms. The average molecular weight is 308 g/mol. The van der Waals surface area contributed by atoms with Crippen LogP contribution < -0.4 is 10.1 Å². The van der Waals surface area contributed by atoms with E-state index in [1.54, 1.807) is 12.5 Å². The number of nitrogens with one attached hydrogen (secondary N) is 1. The summed E-state index contributed by atoms with van der Waals surface area (Å²) in [5.41, 5.74) is 3.34. The standard InChI is InChI=1S/C18H20N4O/c1-15-9-17(13-20-11-15)21-12-16-3-2-4-18(10-16)23-8-7-22-6-5-19-14-22/h2-6,9-11,13-14,21H,7-8,12H2,1H3. The number of imidazole rings is 1. The Kier molecular flexibility index (Phi) is 4.88. The Bertz CT molecular complexity index is 740. The van der Waals surface area contributed by atoms with Crippen LogP contribution in [0, 0.1) is 6.92 Å². The van der Waals surface area contributed by atoms with Crippen LogP contribution in [0.2, 0.25) is 0 Å². The minimum atomic E-state index is 0.620. The van der Waals surface area contributed by atoms with Gasteiger partial charge in [-0.2, -0.15) is 0 Å². The van der Waals surface area contributed by atoms with Gasteiger partial charge in [0, 0.05) is 31.3 Å². The van der Waals surface area contributed by atoms with E-state index in [1.165, 1.54) is 5.56 Å². The van der Waals surface area contributed by atoms with Gasteiger partial charge in [-0.1, -0.05) is 12.1 Å². The first-order valence-corrected chi connectivity index (χ1v) is 7.62. The Hall–Kier alpha value is -2.82. The van der Waals surface area contributed by atoms with E-state index in [0.29, 0.717) is 6.61 Å². The number of nitrogens with zero attached hydrogens (tertiary/aromatic N) is 3. The number of ether oxygens (including phenoxy) is 1. The molecule has 2 aromatic heterocycles. The number of aromatic nitrogens is 3. The summed E-state index contributed by atoms with van der Waals surface area (Å²) in [6.45, 7) is 4.18. The third kappa shape index (κ3) is 4.57. The lowest BCUT2D eigenvalue weighted by Crippen LogP contribution is -2.07. The lowest BCUT2D eigenvalue weighted by atomic mass is 10.2. The maximum Gasteiger partial charge on any atom is 0.119 e. The van der Waals surface area contributed by atoms with Crippen LogP contribution in [0.3, 0.4) is 0 Å². The number of benzene rings is 1. The maximum atomic E-state index is 5.80. The minimum absolute atomic E-state index is 0.620. The molecule has 0 bridgehead atoms. The Morgan fingerprint density at radius 1 is 1.17 bits per heavy atom. The molecule has 0 aliphatic heterocycles. The normalized spacial score (nSPS) is 10.5. The molecule has 1 aromatic carbocycles. The third-order valence-electron chi connectivity index (χ3n) is 3.45. The molecule has 0 unspecified atom stereocenters. The van der Waals surface area contributed by atoms with E-state index in [-0.39, 0.29) is 0 Å². The summed E-state index contributed by atoms with van der Waals surface area (Å²) in [4.78, 5) is 8.20. The van der Waals surface area contributed by atoms with E-state index in [1.807, 2.05) is 42.2 Å². The Balaban J connectivity index is 1.52. The molecule has 0 saturated carbocycles. The quantitative estimate of drug-likeness (QED) is 0.728. The van der Waals surface area contributed by atoms with Crippen molar-refractivity contribution in [3.8, 4) is 5.75 Å². The second-order valence-electron chi connectivity index (χ2n) is 5.40. The fraction of sp³-hybridized carbons (Fsp3) is 0.222. The van der Waals surface area contributed by atoms with Crippen molar-refractivity contribution in [1.29, 1.82) is 0 Å². The zero-order chi connectivity index (χ0) is 15.9. The second kappa shape index (κ2) is 7.45. The highest BCUT2D eigenvalue weighted by atomic mass is 16.5. The SMILES string of the molecule is Cc1cncc(NCc2cccc(OCCn3ccnc3)c2)c1. The van der Waals surface area contributed by atoms with Gasteiger partial charge in [0.25, 0.3) is 0 Å². The van der Waals surface area contributed by atoms with Gasteiger partial charge in [-0.05, 0) is 36.2 Å². The topological polar surface area (TPSA) is 52.0 Å². The van der Waals surface area contributed by atoms with Crippen LogP contribution >= 0.6 is 0 Å². The number of pyridine rings is 1. The van der Waals surface area contributed by atoms with Crippen LogP contribution in [0.15, 0.2) is 61.4 Å². The van der Waals surface area contributed by atoms with Crippen molar-refractivity contribution >= 4 is 5.69 Å². The Labute approximate surface area is 136 Å². The summed E-state index contributed by atoms with van der Waals surface area (Å²) >= 11 is 0. The molecule has 0 amide bonds. The molecule has 3 aromatic rings. The van der Waals surface area contributed by atoms with Crippen molar-refractivity contribution in [2.24, 2.45) is 0 Å². The molecular weight excluding hydrogens is 288 g/mol. The number of hydrogen-bond donors (Lipinski definition) is 1. The molecule has 0 atom stereocenters. The molecule has 3 rings (SSSR count). The molecule has 1 N–H and O–H groups in total. The Morgan fingerprint density at radius 3 is 2.96 bits per heavy atom. The number of anilines is 1. The summed E-state index contributed by atoms with van der Waals surface area (Å²) < 4.78 is 7.80. The van der Waals surface area contributed by atoms with Crippen LogP contribution in [0.25, 0.3) is 0 Å². The number of rotatable bonds is 7. The largest absolute Gasteiger partial charge is 0.492 e. The third-order valence-corrected chi connectivity index (χ3v) is 3.45. The van der Waals surface area contributed by atoms with Gasteiger partial charge in [0.1, 0.15) is 12.4 Å². The first kappa shape index (κ1) is 15.1. The van der Waals surface area contributed by atoms with Crippen LogP contribution in [-0.2, 0) is 13.1 Å². The van der Waals surface area contributed by atoms with E-state index < -0.39 is 0 Å². The molecule has 0 saturated heterocycles. The second-order valence-corrected chi connectivity index (χ2v) is 5.40. The van der Waals surface area contributed by atoms with Gasteiger partial charge < -0.3 is 14.6 Å². The van der Waals surface area contributed by atoms with Gasteiger partial charge in [0.15, 0.2) is 0 Å². The van der Waals surface area contributed by atoms with Gasteiger partial charge in [0.05, 0.1) is 18.6 Å². The van der Waals surface area contributed by atoms with Crippen molar-refractivity contribution < 1.29 is 4.74 Å². The predicted octanol–water partition coefficient (Wildman–Crippen LogP) is 3.28.